The molecule has 2 aromatic heterocycles. The molecule has 2 rings (SSSR count). The third-order valence-electron chi connectivity index (χ3n) is 1.53. The van der Waals surface area contributed by atoms with Crippen molar-refractivity contribution in [2.24, 2.45) is 0 Å². The zero-order valence-electron chi connectivity index (χ0n) is 6.43. The second-order valence-electron chi connectivity index (χ2n) is 2.36. The molecule has 12 heavy (non-hydrogen) atoms. The molecule has 0 aliphatic rings. The molecule has 0 atom stereocenters. The van der Waals surface area contributed by atoms with E-state index in [-0.39, 0.29) is 5.78 Å². The van der Waals surface area contributed by atoms with E-state index in [0.29, 0.717) is 11.3 Å². The van der Waals surface area contributed by atoms with Crippen molar-refractivity contribution in [1.82, 2.24) is 19.6 Å². The van der Waals surface area contributed by atoms with Crippen LogP contribution in [0, 0.1) is 0 Å². The van der Waals surface area contributed by atoms with Gasteiger partial charge in [-0.2, -0.15) is 5.10 Å². The first kappa shape index (κ1) is 6.90. The van der Waals surface area contributed by atoms with Gasteiger partial charge in [-0.05, 0) is 0 Å². The highest BCUT2D eigenvalue weighted by molar-refractivity contribution is 5.97. The molecule has 2 heterocycles. The minimum atomic E-state index is -0.103. The van der Waals surface area contributed by atoms with Gasteiger partial charge in [-0.25, -0.2) is 14.5 Å². The normalized spacial score (nSPS) is 10.4. The highest BCUT2D eigenvalue weighted by atomic mass is 16.1. The Kier molecular flexibility index (Phi) is 1.36. The van der Waals surface area contributed by atoms with Gasteiger partial charge in [0, 0.05) is 19.3 Å². The summed E-state index contributed by atoms with van der Waals surface area (Å²) in [5.74, 6) is -0.103. The van der Waals surface area contributed by atoms with E-state index in [4.69, 9.17) is 0 Å². The molecule has 0 bridgehead atoms. The maximum Gasteiger partial charge on any atom is 0.184 e. The van der Waals surface area contributed by atoms with Gasteiger partial charge in [0.2, 0.25) is 0 Å². The van der Waals surface area contributed by atoms with Gasteiger partial charge in [-0.1, -0.05) is 0 Å². The van der Waals surface area contributed by atoms with Crippen LogP contribution in [0.25, 0.3) is 5.65 Å². The van der Waals surface area contributed by atoms with E-state index in [1.165, 1.54) is 24.0 Å². The lowest BCUT2D eigenvalue weighted by atomic mass is 10.3. The first-order valence-electron chi connectivity index (χ1n) is 3.44. The van der Waals surface area contributed by atoms with Gasteiger partial charge in [0.1, 0.15) is 6.33 Å². The van der Waals surface area contributed by atoms with E-state index < -0.39 is 0 Å². The SMILES string of the molecule is CC(=O)c1nccn2ncnc12. The van der Waals surface area contributed by atoms with Gasteiger partial charge in [-0.15, -0.1) is 0 Å². The van der Waals surface area contributed by atoms with Crippen LogP contribution < -0.4 is 0 Å². The third-order valence-corrected chi connectivity index (χ3v) is 1.53. The summed E-state index contributed by atoms with van der Waals surface area (Å²) in [6, 6.07) is 0. The first-order chi connectivity index (χ1) is 5.79. The summed E-state index contributed by atoms with van der Waals surface area (Å²) in [5.41, 5.74) is 0.861. The number of ketones is 1. The lowest BCUT2D eigenvalue weighted by molar-refractivity contribution is 0.101. The van der Waals surface area contributed by atoms with E-state index >= 15 is 0 Å². The second kappa shape index (κ2) is 2.37. The van der Waals surface area contributed by atoms with Crippen LogP contribution in [0.2, 0.25) is 0 Å². The molecule has 5 heteroatoms. The number of rotatable bonds is 1. The van der Waals surface area contributed by atoms with Crippen LogP contribution in [-0.2, 0) is 0 Å². The van der Waals surface area contributed by atoms with Gasteiger partial charge in [0.05, 0.1) is 0 Å². The monoisotopic (exact) mass is 162 g/mol. The largest absolute Gasteiger partial charge is 0.293 e. The van der Waals surface area contributed by atoms with Crippen molar-refractivity contribution in [3.8, 4) is 0 Å². The molecule has 2 aromatic rings. The lowest BCUT2D eigenvalue weighted by Gasteiger charge is -1.94. The standard InChI is InChI=1S/C7H6N4O/c1-5(12)6-7-9-4-10-11(7)3-2-8-6/h2-4H,1H3. The van der Waals surface area contributed by atoms with Crippen molar-refractivity contribution in [2.45, 2.75) is 6.92 Å². The Morgan fingerprint density at radius 3 is 3.08 bits per heavy atom. The number of carbonyl (C=O) groups excluding carboxylic acids is 1. The Labute approximate surface area is 68.1 Å². The van der Waals surface area contributed by atoms with Gasteiger partial charge < -0.3 is 0 Å². The Morgan fingerprint density at radius 1 is 1.50 bits per heavy atom. The summed E-state index contributed by atoms with van der Waals surface area (Å²) < 4.78 is 1.52. The van der Waals surface area contributed by atoms with Crippen molar-refractivity contribution < 1.29 is 4.79 Å². The van der Waals surface area contributed by atoms with E-state index in [2.05, 4.69) is 15.1 Å². The van der Waals surface area contributed by atoms with Crippen LogP contribution in [0.3, 0.4) is 0 Å². The van der Waals surface area contributed by atoms with Crippen LogP contribution >= 0.6 is 0 Å². The smallest absolute Gasteiger partial charge is 0.184 e. The van der Waals surface area contributed by atoms with Crippen LogP contribution in [0.4, 0.5) is 0 Å². The maximum absolute atomic E-state index is 11.0. The number of aromatic nitrogens is 4. The molecule has 0 saturated carbocycles. The van der Waals surface area contributed by atoms with E-state index in [0.717, 1.165) is 0 Å². The average molecular weight is 162 g/mol. The molecule has 0 amide bonds. The first-order valence-corrected chi connectivity index (χ1v) is 3.44. The molecule has 0 aliphatic heterocycles. The second-order valence-corrected chi connectivity index (χ2v) is 2.36. The number of Topliss-reactive ketones (excluding diaryl/α,β-unsaturated/α-hetero) is 1. The van der Waals surface area contributed by atoms with Gasteiger partial charge in [0.25, 0.3) is 0 Å². The van der Waals surface area contributed by atoms with E-state index in [1.807, 2.05) is 0 Å². The summed E-state index contributed by atoms with van der Waals surface area (Å²) in [7, 11) is 0. The topological polar surface area (TPSA) is 60.2 Å². The van der Waals surface area contributed by atoms with Crippen molar-refractivity contribution in [1.29, 1.82) is 0 Å². The number of hydrogen-bond acceptors (Lipinski definition) is 4. The predicted octanol–water partition coefficient (Wildman–Crippen LogP) is 0.327. The summed E-state index contributed by atoms with van der Waals surface area (Å²) >= 11 is 0. The number of fused-ring (bicyclic) bond motifs is 1. The lowest BCUT2D eigenvalue weighted by Crippen LogP contribution is -2.01. The van der Waals surface area contributed by atoms with Crippen molar-refractivity contribution in [3.05, 3.63) is 24.4 Å². The summed E-state index contributed by atoms with van der Waals surface area (Å²) in [6.07, 6.45) is 4.57. The fourth-order valence-electron chi connectivity index (χ4n) is 1.01. The zero-order chi connectivity index (χ0) is 8.55. The highest BCUT2D eigenvalue weighted by Crippen LogP contribution is 2.02. The minimum Gasteiger partial charge on any atom is -0.293 e. The minimum absolute atomic E-state index is 0.103. The Bertz CT molecular complexity index is 434. The van der Waals surface area contributed by atoms with Crippen LogP contribution in [0.15, 0.2) is 18.7 Å². The third kappa shape index (κ3) is 0.868. The Balaban J connectivity index is 2.82. The number of nitrogens with zero attached hydrogens (tertiary/aromatic N) is 4. The van der Waals surface area contributed by atoms with E-state index in [9.17, 15) is 4.79 Å². The van der Waals surface area contributed by atoms with Crippen LogP contribution in [-0.4, -0.2) is 25.4 Å². The molecule has 0 aliphatic carbocycles. The fraction of sp³-hybridized carbons (Fsp3) is 0.143. The fourth-order valence-corrected chi connectivity index (χ4v) is 1.01. The predicted molar refractivity (Wildman–Crippen MR) is 40.8 cm³/mol. The molecule has 0 unspecified atom stereocenters. The van der Waals surface area contributed by atoms with Crippen molar-refractivity contribution in [2.75, 3.05) is 0 Å². The van der Waals surface area contributed by atoms with Gasteiger partial charge in [-0.3, -0.25) is 4.79 Å². The molecule has 60 valence electrons. The van der Waals surface area contributed by atoms with Crippen LogP contribution in [0.1, 0.15) is 17.4 Å². The Hall–Kier alpha value is -1.78. The highest BCUT2D eigenvalue weighted by Gasteiger charge is 2.07. The van der Waals surface area contributed by atoms with Gasteiger partial charge >= 0.3 is 0 Å². The zero-order valence-corrected chi connectivity index (χ0v) is 6.43. The van der Waals surface area contributed by atoms with Crippen molar-refractivity contribution in [3.63, 3.8) is 0 Å². The Morgan fingerprint density at radius 2 is 2.33 bits per heavy atom. The number of carbonyl (C=O) groups is 1. The molecular weight excluding hydrogens is 156 g/mol. The number of hydrogen-bond donors (Lipinski definition) is 0. The molecular formula is C7H6N4O. The molecule has 0 aromatic carbocycles. The molecule has 0 radical (unpaired) electrons. The molecule has 5 nitrogen and oxygen atoms in total. The quantitative estimate of drug-likeness (QED) is 0.567. The molecule has 0 N–H and O–H groups in total. The molecule has 0 spiro atoms. The average Bonchev–Trinajstić information content (AvgIpc) is 2.49. The van der Waals surface area contributed by atoms with Crippen LogP contribution in [0.5, 0.6) is 0 Å². The van der Waals surface area contributed by atoms with E-state index in [1.54, 1.807) is 6.20 Å². The summed E-state index contributed by atoms with van der Waals surface area (Å²) in [5, 5.41) is 3.88. The maximum atomic E-state index is 11.0. The van der Waals surface area contributed by atoms with Gasteiger partial charge in [0.15, 0.2) is 17.1 Å². The summed E-state index contributed by atoms with van der Waals surface area (Å²) in [4.78, 5) is 18.8. The molecule has 0 saturated heterocycles. The van der Waals surface area contributed by atoms with Crippen molar-refractivity contribution >= 4 is 11.4 Å². The molecule has 0 fully saturated rings. The summed E-state index contributed by atoms with van der Waals surface area (Å²) in [6.45, 7) is 1.46.